The fourth-order valence-corrected chi connectivity index (χ4v) is 3.38. The number of aliphatic imine (C=N–C) groups is 1. The van der Waals surface area contributed by atoms with Gasteiger partial charge in [0.2, 0.25) is 0 Å². The molecule has 1 heterocycles. The van der Waals surface area contributed by atoms with E-state index in [4.69, 9.17) is 9.47 Å². The van der Waals surface area contributed by atoms with Gasteiger partial charge in [-0.1, -0.05) is 6.07 Å². The highest BCUT2D eigenvalue weighted by molar-refractivity contribution is 7.11. The molecule has 160 valence electrons. The first kappa shape index (κ1) is 22.8. The molecule has 0 radical (unpaired) electrons. The number of nitrogens with zero attached hydrogens (tertiary/aromatic N) is 2. The molecule has 0 fully saturated rings. The summed E-state index contributed by atoms with van der Waals surface area (Å²) in [5.74, 6) is 0.906. The van der Waals surface area contributed by atoms with Crippen LogP contribution in [-0.2, 0) is 13.1 Å². The number of hydrogen-bond acceptors (Lipinski definition) is 5. The maximum absolute atomic E-state index is 12.4. The lowest BCUT2D eigenvalue weighted by Gasteiger charge is -2.14. The predicted octanol–water partition coefficient (Wildman–Crippen LogP) is 3.96. The standard InChI is InChI=1S/C19H25F3N4O2S/c1-5-23-18(25-10-17-12(2)26-13(3)29-17)24-9-14-6-7-15(16(8-14)27-4)28-11-19(20,21)22/h6-8H,5,9-11H2,1-4H3,(H2,23,24,25). The lowest BCUT2D eigenvalue weighted by molar-refractivity contribution is -0.153. The van der Waals surface area contributed by atoms with Crippen LogP contribution in [0.15, 0.2) is 23.2 Å². The van der Waals surface area contributed by atoms with E-state index in [-0.39, 0.29) is 11.5 Å². The van der Waals surface area contributed by atoms with Gasteiger partial charge in [0.25, 0.3) is 0 Å². The first-order valence-electron chi connectivity index (χ1n) is 9.03. The van der Waals surface area contributed by atoms with Crippen molar-refractivity contribution >= 4 is 17.3 Å². The van der Waals surface area contributed by atoms with Crippen molar-refractivity contribution in [2.45, 2.75) is 40.0 Å². The molecule has 2 aromatic rings. The van der Waals surface area contributed by atoms with Crippen LogP contribution in [0.3, 0.4) is 0 Å². The van der Waals surface area contributed by atoms with Crippen molar-refractivity contribution in [3.63, 3.8) is 0 Å². The van der Waals surface area contributed by atoms with Crippen LogP contribution < -0.4 is 20.1 Å². The van der Waals surface area contributed by atoms with Crippen LogP contribution in [0.1, 0.15) is 28.1 Å². The second-order valence-corrected chi connectivity index (χ2v) is 7.47. The number of benzene rings is 1. The molecule has 1 aromatic heterocycles. The van der Waals surface area contributed by atoms with Gasteiger partial charge in [-0.15, -0.1) is 11.3 Å². The van der Waals surface area contributed by atoms with Crippen LogP contribution in [0.5, 0.6) is 11.5 Å². The van der Waals surface area contributed by atoms with Gasteiger partial charge in [-0.3, -0.25) is 0 Å². The molecule has 0 unspecified atom stereocenters. The van der Waals surface area contributed by atoms with Crippen molar-refractivity contribution < 1.29 is 22.6 Å². The van der Waals surface area contributed by atoms with Gasteiger partial charge in [-0.05, 0) is 38.5 Å². The molecule has 29 heavy (non-hydrogen) atoms. The SMILES string of the molecule is CCNC(=NCc1ccc(OCC(F)(F)F)c(OC)c1)NCc1sc(C)nc1C. The van der Waals surface area contributed by atoms with Crippen LogP contribution in [-0.4, -0.2) is 37.4 Å². The van der Waals surface area contributed by atoms with E-state index in [2.05, 4.69) is 20.6 Å². The van der Waals surface area contributed by atoms with Gasteiger partial charge in [-0.2, -0.15) is 13.2 Å². The average Bonchev–Trinajstić information content (AvgIpc) is 2.99. The summed E-state index contributed by atoms with van der Waals surface area (Å²) in [6, 6.07) is 4.74. The molecule has 0 atom stereocenters. The summed E-state index contributed by atoms with van der Waals surface area (Å²) >= 11 is 1.63. The molecule has 2 rings (SSSR count). The van der Waals surface area contributed by atoms with Crippen LogP contribution in [0.4, 0.5) is 13.2 Å². The highest BCUT2D eigenvalue weighted by Gasteiger charge is 2.29. The van der Waals surface area contributed by atoms with Crippen molar-refractivity contribution in [3.05, 3.63) is 39.3 Å². The predicted molar refractivity (Wildman–Crippen MR) is 108 cm³/mol. The maximum Gasteiger partial charge on any atom is 0.422 e. The Morgan fingerprint density at radius 3 is 2.55 bits per heavy atom. The lowest BCUT2D eigenvalue weighted by Crippen LogP contribution is -2.36. The molecule has 0 saturated carbocycles. The molecule has 6 nitrogen and oxygen atoms in total. The number of hydrogen-bond donors (Lipinski definition) is 2. The highest BCUT2D eigenvalue weighted by Crippen LogP contribution is 2.30. The Bertz CT molecular complexity index is 837. The molecule has 0 saturated heterocycles. The minimum Gasteiger partial charge on any atom is -0.493 e. The fourth-order valence-electron chi connectivity index (χ4n) is 2.50. The molecule has 0 aliphatic carbocycles. The number of ether oxygens (including phenoxy) is 2. The Morgan fingerprint density at radius 1 is 1.21 bits per heavy atom. The molecular formula is C19H25F3N4O2S. The minimum atomic E-state index is -4.41. The molecular weight excluding hydrogens is 405 g/mol. The second kappa shape index (κ2) is 10.3. The average molecular weight is 430 g/mol. The second-order valence-electron chi connectivity index (χ2n) is 6.18. The van der Waals surface area contributed by atoms with Gasteiger partial charge in [0, 0.05) is 11.4 Å². The third-order valence-corrected chi connectivity index (χ3v) is 4.87. The van der Waals surface area contributed by atoms with Crippen LogP contribution >= 0.6 is 11.3 Å². The summed E-state index contributed by atoms with van der Waals surface area (Å²) in [5, 5.41) is 7.45. The van der Waals surface area contributed by atoms with Gasteiger partial charge in [0.1, 0.15) is 0 Å². The smallest absolute Gasteiger partial charge is 0.422 e. The summed E-state index contributed by atoms with van der Waals surface area (Å²) in [7, 11) is 1.38. The van der Waals surface area contributed by atoms with Crippen molar-refractivity contribution in [3.8, 4) is 11.5 Å². The molecule has 1 aromatic carbocycles. The topological polar surface area (TPSA) is 67.8 Å². The number of methoxy groups -OCH3 is 1. The van der Waals surface area contributed by atoms with E-state index >= 15 is 0 Å². The minimum absolute atomic E-state index is 0.0404. The van der Waals surface area contributed by atoms with E-state index in [9.17, 15) is 13.2 Å². The van der Waals surface area contributed by atoms with E-state index in [1.54, 1.807) is 23.5 Å². The van der Waals surface area contributed by atoms with E-state index in [0.717, 1.165) is 21.1 Å². The molecule has 0 aliphatic rings. The normalized spacial score (nSPS) is 12.0. The van der Waals surface area contributed by atoms with Gasteiger partial charge in [0.05, 0.1) is 30.9 Å². The van der Waals surface area contributed by atoms with Crippen molar-refractivity contribution in [2.75, 3.05) is 20.3 Å². The summed E-state index contributed by atoms with van der Waals surface area (Å²) in [4.78, 5) is 10.1. The summed E-state index contributed by atoms with van der Waals surface area (Å²) < 4.78 is 47.0. The maximum atomic E-state index is 12.4. The number of rotatable bonds is 8. The van der Waals surface area contributed by atoms with Crippen LogP contribution in [0.2, 0.25) is 0 Å². The summed E-state index contributed by atoms with van der Waals surface area (Å²) in [5.41, 5.74) is 1.78. The van der Waals surface area contributed by atoms with Crippen LogP contribution in [0, 0.1) is 13.8 Å². The zero-order chi connectivity index (χ0) is 21.4. The highest BCUT2D eigenvalue weighted by atomic mass is 32.1. The number of aromatic nitrogens is 1. The Kier molecular flexibility index (Phi) is 8.12. The molecule has 0 amide bonds. The third kappa shape index (κ3) is 7.45. The number of nitrogens with one attached hydrogen (secondary N) is 2. The Morgan fingerprint density at radius 2 is 1.97 bits per heavy atom. The Hall–Kier alpha value is -2.49. The zero-order valence-corrected chi connectivity index (χ0v) is 17.6. The van der Waals surface area contributed by atoms with E-state index in [0.29, 0.717) is 25.6 Å². The number of thiazole rings is 1. The number of guanidine groups is 1. The van der Waals surface area contributed by atoms with Gasteiger partial charge >= 0.3 is 6.18 Å². The van der Waals surface area contributed by atoms with Crippen molar-refractivity contribution in [2.24, 2.45) is 4.99 Å². The monoisotopic (exact) mass is 430 g/mol. The number of alkyl halides is 3. The largest absolute Gasteiger partial charge is 0.493 e. The Balaban J connectivity index is 2.04. The zero-order valence-electron chi connectivity index (χ0n) is 16.8. The van der Waals surface area contributed by atoms with Gasteiger partial charge in [-0.25, -0.2) is 9.98 Å². The first-order chi connectivity index (χ1) is 13.7. The fraction of sp³-hybridized carbons (Fsp3) is 0.474. The molecule has 10 heteroatoms. The first-order valence-corrected chi connectivity index (χ1v) is 9.85. The Labute approximate surface area is 172 Å². The third-order valence-electron chi connectivity index (χ3n) is 3.80. The summed E-state index contributed by atoms with van der Waals surface area (Å²) in [6.07, 6.45) is -4.41. The van der Waals surface area contributed by atoms with Crippen molar-refractivity contribution in [1.82, 2.24) is 15.6 Å². The van der Waals surface area contributed by atoms with Crippen LogP contribution in [0.25, 0.3) is 0 Å². The van der Waals surface area contributed by atoms with E-state index in [1.807, 2.05) is 20.8 Å². The molecule has 2 N–H and O–H groups in total. The molecule has 0 bridgehead atoms. The van der Waals surface area contributed by atoms with Gasteiger partial charge in [0.15, 0.2) is 24.1 Å². The number of aryl methyl sites for hydroxylation is 2. The van der Waals surface area contributed by atoms with E-state index < -0.39 is 12.8 Å². The van der Waals surface area contributed by atoms with Gasteiger partial charge < -0.3 is 20.1 Å². The summed E-state index contributed by atoms with van der Waals surface area (Å²) in [6.45, 7) is 6.17. The molecule has 0 aliphatic heterocycles. The molecule has 0 spiro atoms. The quantitative estimate of drug-likeness (QED) is 0.490. The number of halogens is 3. The van der Waals surface area contributed by atoms with Crippen molar-refractivity contribution in [1.29, 1.82) is 0 Å². The lowest BCUT2D eigenvalue weighted by atomic mass is 10.2. The van der Waals surface area contributed by atoms with E-state index in [1.165, 1.54) is 13.2 Å².